The Labute approximate surface area is 163 Å². The molecule has 0 aliphatic carbocycles. The molecular formula is C23H33ClO2. The summed E-state index contributed by atoms with van der Waals surface area (Å²) in [4.78, 5) is 0. The van der Waals surface area contributed by atoms with E-state index in [4.69, 9.17) is 21.1 Å². The number of aryl methyl sites for hydroxylation is 1. The van der Waals surface area contributed by atoms with Gasteiger partial charge in [-0.1, -0.05) is 44.7 Å². The van der Waals surface area contributed by atoms with Gasteiger partial charge < -0.3 is 9.47 Å². The summed E-state index contributed by atoms with van der Waals surface area (Å²) in [6.07, 6.45) is 8.44. The highest BCUT2D eigenvalue weighted by Crippen LogP contribution is 2.31. The topological polar surface area (TPSA) is 18.5 Å². The molecule has 26 heavy (non-hydrogen) atoms. The zero-order chi connectivity index (χ0) is 18.8. The highest BCUT2D eigenvalue weighted by molar-refractivity contribution is 6.17. The Balaban J connectivity index is 1.93. The fourth-order valence-electron chi connectivity index (χ4n) is 3.28. The van der Waals surface area contributed by atoms with Gasteiger partial charge in [0.15, 0.2) is 0 Å². The van der Waals surface area contributed by atoms with Crippen molar-refractivity contribution in [2.75, 3.05) is 12.5 Å². The van der Waals surface area contributed by atoms with Gasteiger partial charge in [-0.05, 0) is 62.1 Å². The summed E-state index contributed by atoms with van der Waals surface area (Å²) in [5.74, 6) is 2.74. The molecule has 0 fully saturated rings. The number of benzene rings is 2. The third-order valence-corrected chi connectivity index (χ3v) is 4.84. The van der Waals surface area contributed by atoms with Crippen LogP contribution < -0.4 is 9.47 Å². The average molecular weight is 377 g/mol. The second-order valence-corrected chi connectivity index (χ2v) is 7.48. The number of hydrogen-bond donors (Lipinski definition) is 0. The molecule has 0 aliphatic rings. The maximum Gasteiger partial charge on any atom is 0.123 e. The largest absolute Gasteiger partial charge is 0.493 e. The zero-order valence-electron chi connectivity index (χ0n) is 16.5. The van der Waals surface area contributed by atoms with E-state index in [1.165, 1.54) is 42.0 Å². The third-order valence-electron chi connectivity index (χ3n) is 4.57. The van der Waals surface area contributed by atoms with E-state index in [-0.39, 0.29) is 6.10 Å². The molecule has 2 rings (SSSR count). The maximum absolute atomic E-state index is 6.11. The zero-order valence-corrected chi connectivity index (χ0v) is 17.3. The van der Waals surface area contributed by atoms with E-state index in [1.54, 1.807) is 0 Å². The Morgan fingerprint density at radius 1 is 0.923 bits per heavy atom. The molecule has 2 aromatic carbocycles. The lowest BCUT2D eigenvalue weighted by Gasteiger charge is -2.15. The number of halogens is 1. The van der Waals surface area contributed by atoms with Crippen molar-refractivity contribution in [2.45, 2.75) is 71.8 Å². The van der Waals surface area contributed by atoms with Gasteiger partial charge in [0.05, 0.1) is 12.7 Å². The minimum absolute atomic E-state index is 0.190. The predicted molar refractivity (Wildman–Crippen MR) is 113 cm³/mol. The second kappa shape index (κ2) is 11.3. The van der Waals surface area contributed by atoms with Gasteiger partial charge >= 0.3 is 0 Å². The molecule has 144 valence electrons. The van der Waals surface area contributed by atoms with Crippen LogP contribution in [0.3, 0.4) is 0 Å². The quantitative estimate of drug-likeness (QED) is 0.289. The lowest BCUT2D eigenvalue weighted by molar-refractivity contribution is 0.243. The van der Waals surface area contributed by atoms with Crippen molar-refractivity contribution >= 4 is 22.4 Å². The first-order valence-corrected chi connectivity index (χ1v) is 10.6. The molecule has 0 saturated carbocycles. The van der Waals surface area contributed by atoms with Gasteiger partial charge in [-0.3, -0.25) is 0 Å². The van der Waals surface area contributed by atoms with Gasteiger partial charge in [0.1, 0.15) is 11.5 Å². The first-order chi connectivity index (χ1) is 12.7. The summed E-state index contributed by atoms with van der Waals surface area (Å²) in [5, 5.41) is 2.48. The van der Waals surface area contributed by atoms with Gasteiger partial charge in [0, 0.05) is 11.4 Å². The summed E-state index contributed by atoms with van der Waals surface area (Å²) >= 11 is 5.71. The van der Waals surface area contributed by atoms with E-state index < -0.39 is 0 Å². The van der Waals surface area contributed by atoms with E-state index in [2.05, 4.69) is 51.1 Å². The molecular weight excluding hydrogens is 344 g/mol. The molecule has 0 spiro atoms. The van der Waals surface area contributed by atoms with Crippen LogP contribution in [-0.2, 0) is 6.42 Å². The summed E-state index contributed by atoms with van der Waals surface area (Å²) in [6.45, 7) is 7.09. The molecule has 0 bridgehead atoms. The highest BCUT2D eigenvalue weighted by atomic mass is 35.5. The molecule has 0 aliphatic heterocycles. The van der Waals surface area contributed by atoms with Crippen LogP contribution in [0.15, 0.2) is 30.3 Å². The lowest BCUT2D eigenvalue weighted by atomic mass is 10.0. The second-order valence-electron chi connectivity index (χ2n) is 7.10. The summed E-state index contributed by atoms with van der Waals surface area (Å²) in [5.41, 5.74) is 1.29. The van der Waals surface area contributed by atoms with E-state index in [9.17, 15) is 0 Å². The molecule has 0 saturated heterocycles. The molecule has 0 radical (unpaired) electrons. The van der Waals surface area contributed by atoms with Crippen LogP contribution in [0.2, 0.25) is 0 Å². The number of hydrogen-bond acceptors (Lipinski definition) is 2. The fourth-order valence-corrected chi connectivity index (χ4v) is 3.47. The monoisotopic (exact) mass is 376 g/mol. The standard InChI is InChI=1S/C23H33ClO2/c1-4-21-22-13-12-20(26-18(2)3)17-19(22)11-14-23(21)25-16-10-8-6-5-7-9-15-24/h11-14,17-18H,4-10,15-16H2,1-3H3. The van der Waals surface area contributed by atoms with Crippen molar-refractivity contribution in [1.82, 2.24) is 0 Å². The Bertz CT molecular complexity index is 667. The molecule has 0 aromatic heterocycles. The lowest BCUT2D eigenvalue weighted by Crippen LogP contribution is -2.05. The molecule has 3 heteroatoms. The minimum atomic E-state index is 0.190. The minimum Gasteiger partial charge on any atom is -0.493 e. The number of ether oxygens (including phenoxy) is 2. The Kier molecular flexibility index (Phi) is 9.11. The number of alkyl halides is 1. The Morgan fingerprint density at radius 2 is 1.65 bits per heavy atom. The summed E-state index contributed by atoms with van der Waals surface area (Å²) < 4.78 is 11.9. The van der Waals surface area contributed by atoms with Crippen molar-refractivity contribution in [1.29, 1.82) is 0 Å². The molecule has 0 unspecified atom stereocenters. The number of fused-ring (bicyclic) bond motifs is 1. The van der Waals surface area contributed by atoms with Crippen LogP contribution >= 0.6 is 11.6 Å². The van der Waals surface area contributed by atoms with Crippen molar-refractivity contribution in [2.24, 2.45) is 0 Å². The van der Waals surface area contributed by atoms with Gasteiger partial charge in [-0.25, -0.2) is 0 Å². The van der Waals surface area contributed by atoms with Crippen LogP contribution in [0.4, 0.5) is 0 Å². The van der Waals surface area contributed by atoms with Crippen LogP contribution in [0.1, 0.15) is 64.9 Å². The van der Waals surface area contributed by atoms with Crippen LogP contribution in [0, 0.1) is 0 Å². The normalized spacial score (nSPS) is 11.3. The van der Waals surface area contributed by atoms with Crippen molar-refractivity contribution in [3.63, 3.8) is 0 Å². The van der Waals surface area contributed by atoms with Crippen molar-refractivity contribution in [3.05, 3.63) is 35.9 Å². The Morgan fingerprint density at radius 3 is 2.35 bits per heavy atom. The van der Waals surface area contributed by atoms with Crippen LogP contribution in [-0.4, -0.2) is 18.6 Å². The molecule has 0 atom stereocenters. The number of rotatable bonds is 12. The Hall–Kier alpha value is -1.41. The highest BCUT2D eigenvalue weighted by Gasteiger charge is 2.09. The third kappa shape index (κ3) is 6.39. The molecule has 2 aromatic rings. The van der Waals surface area contributed by atoms with E-state index in [0.717, 1.165) is 43.2 Å². The van der Waals surface area contributed by atoms with E-state index in [1.807, 2.05) is 0 Å². The van der Waals surface area contributed by atoms with Gasteiger partial charge in [-0.15, -0.1) is 11.6 Å². The fraction of sp³-hybridized carbons (Fsp3) is 0.565. The molecule has 0 heterocycles. The van der Waals surface area contributed by atoms with Crippen molar-refractivity contribution in [3.8, 4) is 11.5 Å². The van der Waals surface area contributed by atoms with E-state index in [0.29, 0.717) is 0 Å². The van der Waals surface area contributed by atoms with Crippen LogP contribution in [0.25, 0.3) is 10.8 Å². The predicted octanol–water partition coefficient (Wildman–Crippen LogP) is 7.15. The number of unbranched alkanes of at least 4 members (excludes halogenated alkanes) is 5. The summed E-state index contributed by atoms with van der Waals surface area (Å²) in [6, 6.07) is 10.6. The molecule has 0 amide bonds. The molecule has 2 nitrogen and oxygen atoms in total. The van der Waals surface area contributed by atoms with Gasteiger partial charge in [0.2, 0.25) is 0 Å². The average Bonchev–Trinajstić information content (AvgIpc) is 2.63. The van der Waals surface area contributed by atoms with Gasteiger partial charge in [0.25, 0.3) is 0 Å². The first kappa shape index (κ1) is 20.9. The van der Waals surface area contributed by atoms with Crippen LogP contribution in [0.5, 0.6) is 11.5 Å². The van der Waals surface area contributed by atoms with E-state index >= 15 is 0 Å². The maximum atomic E-state index is 6.11. The first-order valence-electron chi connectivity index (χ1n) is 10.1. The summed E-state index contributed by atoms with van der Waals surface area (Å²) in [7, 11) is 0. The van der Waals surface area contributed by atoms with Crippen molar-refractivity contribution < 1.29 is 9.47 Å². The SMILES string of the molecule is CCc1c(OCCCCCCCCCl)ccc2cc(OC(C)C)ccc12. The van der Waals surface area contributed by atoms with Gasteiger partial charge in [-0.2, -0.15) is 0 Å². The smallest absolute Gasteiger partial charge is 0.123 e. The molecule has 0 N–H and O–H groups in total.